The van der Waals surface area contributed by atoms with Crippen molar-refractivity contribution in [2.45, 2.75) is 68.1 Å². The van der Waals surface area contributed by atoms with E-state index in [0.717, 1.165) is 0 Å². The SMILES string of the molecule is CCC(=O)OC[C@H]1O[C@H](O[C@]2(CO)O[C@H](CO)[C@@H](O)[C@@H]2O)[C@H](O)[C@@H](O)[C@@H]1O. The van der Waals surface area contributed by atoms with E-state index in [0.29, 0.717) is 0 Å². The van der Waals surface area contributed by atoms with Gasteiger partial charge in [-0.2, -0.15) is 0 Å². The monoisotopic (exact) mass is 398 g/mol. The van der Waals surface area contributed by atoms with Crippen molar-refractivity contribution in [3.63, 3.8) is 0 Å². The van der Waals surface area contributed by atoms with Crippen molar-refractivity contribution in [2.24, 2.45) is 0 Å². The third kappa shape index (κ3) is 4.40. The second-order valence-electron chi connectivity index (χ2n) is 6.41. The molecule has 0 amide bonds. The number of carbonyl (C=O) groups excluding carboxylic acids is 1. The molecule has 0 aliphatic carbocycles. The minimum atomic E-state index is -2.26. The van der Waals surface area contributed by atoms with Gasteiger partial charge in [-0.1, -0.05) is 6.92 Å². The Morgan fingerprint density at radius 3 is 2.19 bits per heavy atom. The molecule has 12 heteroatoms. The number of hydrogen-bond donors (Lipinski definition) is 7. The third-order valence-electron chi connectivity index (χ3n) is 4.59. The van der Waals surface area contributed by atoms with E-state index in [1.165, 1.54) is 0 Å². The van der Waals surface area contributed by atoms with Gasteiger partial charge >= 0.3 is 5.97 Å². The van der Waals surface area contributed by atoms with E-state index < -0.39 is 80.6 Å². The highest BCUT2D eigenvalue weighted by molar-refractivity contribution is 5.68. The molecule has 2 aliphatic heterocycles. The van der Waals surface area contributed by atoms with Gasteiger partial charge in [-0.15, -0.1) is 0 Å². The molecule has 0 saturated carbocycles. The highest BCUT2D eigenvalue weighted by Crippen LogP contribution is 2.35. The smallest absolute Gasteiger partial charge is 0.305 e. The van der Waals surface area contributed by atoms with Crippen LogP contribution in [0.2, 0.25) is 0 Å². The fourth-order valence-electron chi connectivity index (χ4n) is 2.90. The summed E-state index contributed by atoms with van der Waals surface area (Å²) in [6.07, 6.45) is -12.8. The van der Waals surface area contributed by atoms with Gasteiger partial charge in [0.15, 0.2) is 6.29 Å². The second-order valence-corrected chi connectivity index (χ2v) is 6.41. The van der Waals surface area contributed by atoms with E-state index in [-0.39, 0.29) is 6.42 Å². The van der Waals surface area contributed by atoms with Crippen LogP contribution in [0.15, 0.2) is 0 Å². The number of carbonyl (C=O) groups is 1. The molecule has 7 N–H and O–H groups in total. The van der Waals surface area contributed by atoms with E-state index >= 15 is 0 Å². The molecule has 2 saturated heterocycles. The van der Waals surface area contributed by atoms with Crippen LogP contribution in [-0.4, -0.2) is 116 Å². The molecule has 2 heterocycles. The first-order chi connectivity index (χ1) is 12.7. The van der Waals surface area contributed by atoms with Gasteiger partial charge in [0.25, 0.3) is 0 Å². The van der Waals surface area contributed by atoms with Crippen LogP contribution in [0.1, 0.15) is 13.3 Å². The van der Waals surface area contributed by atoms with Crippen molar-refractivity contribution in [1.29, 1.82) is 0 Å². The quantitative estimate of drug-likeness (QED) is 0.204. The summed E-state index contributed by atoms with van der Waals surface area (Å²) in [5.74, 6) is -2.84. The highest BCUT2D eigenvalue weighted by atomic mass is 16.8. The number of esters is 1. The van der Waals surface area contributed by atoms with Crippen molar-refractivity contribution >= 4 is 5.97 Å². The van der Waals surface area contributed by atoms with Gasteiger partial charge in [0, 0.05) is 6.42 Å². The van der Waals surface area contributed by atoms with E-state index in [2.05, 4.69) is 0 Å². The summed E-state index contributed by atoms with van der Waals surface area (Å²) in [5.41, 5.74) is 0. The van der Waals surface area contributed by atoms with Crippen LogP contribution in [0.5, 0.6) is 0 Å². The van der Waals surface area contributed by atoms with Crippen LogP contribution in [0, 0.1) is 0 Å². The van der Waals surface area contributed by atoms with Crippen molar-refractivity contribution < 1.29 is 59.5 Å². The summed E-state index contributed by atoms with van der Waals surface area (Å²) in [6.45, 7) is -0.566. The molecular weight excluding hydrogens is 372 g/mol. The molecule has 2 fully saturated rings. The normalized spacial score (nSPS) is 45.0. The molecule has 0 aromatic rings. The summed E-state index contributed by atoms with van der Waals surface area (Å²) in [6, 6.07) is 0. The molecule has 0 radical (unpaired) electrons. The van der Waals surface area contributed by atoms with Gasteiger partial charge in [0.05, 0.1) is 6.61 Å². The Labute approximate surface area is 154 Å². The van der Waals surface area contributed by atoms with Gasteiger partial charge < -0.3 is 54.7 Å². The number of hydrogen-bond acceptors (Lipinski definition) is 12. The van der Waals surface area contributed by atoms with Gasteiger partial charge in [-0.05, 0) is 0 Å². The summed E-state index contributed by atoms with van der Waals surface area (Å²) >= 11 is 0. The molecule has 158 valence electrons. The second kappa shape index (κ2) is 9.05. The van der Waals surface area contributed by atoms with Crippen molar-refractivity contribution in [3.05, 3.63) is 0 Å². The lowest BCUT2D eigenvalue weighted by molar-refractivity contribution is -0.383. The molecule has 0 spiro atoms. The van der Waals surface area contributed by atoms with Gasteiger partial charge in [-0.25, -0.2) is 0 Å². The summed E-state index contributed by atoms with van der Waals surface area (Å²) < 4.78 is 20.7. The zero-order chi connectivity index (χ0) is 20.4. The summed E-state index contributed by atoms with van der Waals surface area (Å²) in [7, 11) is 0. The van der Waals surface area contributed by atoms with Crippen molar-refractivity contribution in [2.75, 3.05) is 19.8 Å². The van der Waals surface area contributed by atoms with Crippen LogP contribution in [-0.2, 0) is 23.7 Å². The van der Waals surface area contributed by atoms with E-state index in [4.69, 9.17) is 24.1 Å². The van der Waals surface area contributed by atoms with Crippen LogP contribution in [0.4, 0.5) is 0 Å². The molecule has 2 rings (SSSR count). The maximum atomic E-state index is 11.3. The minimum absolute atomic E-state index is 0.0714. The first-order valence-corrected chi connectivity index (χ1v) is 8.49. The molecule has 2 aliphatic rings. The topological polar surface area (TPSA) is 196 Å². The molecule has 0 bridgehead atoms. The standard InChI is InChI=1S/C15H26O12/c1-2-8(18)24-4-7-9(19)11(21)12(22)14(25-7)27-15(5-17)13(23)10(20)6(3-16)26-15/h6-7,9-14,16-17,19-23H,2-5H2,1H3/t6-,7-,9-,10-,11+,12-,13+,14-,15+/m1/s1. The molecule has 27 heavy (non-hydrogen) atoms. The predicted octanol–water partition coefficient (Wildman–Crippen LogP) is -4.43. The number of rotatable bonds is 7. The van der Waals surface area contributed by atoms with Crippen LogP contribution in [0.25, 0.3) is 0 Å². The molecular formula is C15H26O12. The maximum absolute atomic E-state index is 11.3. The highest BCUT2D eigenvalue weighted by Gasteiger charge is 2.58. The predicted molar refractivity (Wildman–Crippen MR) is 82.8 cm³/mol. The van der Waals surface area contributed by atoms with E-state index in [1.807, 2.05) is 0 Å². The summed E-state index contributed by atoms with van der Waals surface area (Å²) in [5, 5.41) is 68.8. The van der Waals surface area contributed by atoms with Gasteiger partial charge in [0.2, 0.25) is 5.79 Å². The Balaban J connectivity index is 2.14. The van der Waals surface area contributed by atoms with E-state index in [1.54, 1.807) is 6.92 Å². The Kier molecular flexibility index (Phi) is 7.49. The fourth-order valence-corrected chi connectivity index (χ4v) is 2.90. The van der Waals surface area contributed by atoms with Crippen LogP contribution in [0.3, 0.4) is 0 Å². The molecule has 0 unspecified atom stereocenters. The van der Waals surface area contributed by atoms with Crippen LogP contribution < -0.4 is 0 Å². The lowest BCUT2D eigenvalue weighted by atomic mass is 9.99. The zero-order valence-corrected chi connectivity index (χ0v) is 14.6. The first-order valence-electron chi connectivity index (χ1n) is 8.49. The Hall–Kier alpha value is -0.930. The van der Waals surface area contributed by atoms with Crippen LogP contribution >= 0.6 is 0 Å². The van der Waals surface area contributed by atoms with Gasteiger partial charge in [0.1, 0.15) is 55.9 Å². The maximum Gasteiger partial charge on any atom is 0.305 e. The molecule has 0 aromatic heterocycles. The van der Waals surface area contributed by atoms with Crippen molar-refractivity contribution in [1.82, 2.24) is 0 Å². The summed E-state index contributed by atoms with van der Waals surface area (Å²) in [4.78, 5) is 11.3. The minimum Gasteiger partial charge on any atom is -0.463 e. The number of aliphatic hydroxyl groups excluding tert-OH is 7. The Morgan fingerprint density at radius 1 is 1.00 bits per heavy atom. The van der Waals surface area contributed by atoms with Crippen molar-refractivity contribution in [3.8, 4) is 0 Å². The average Bonchev–Trinajstić information content (AvgIpc) is 2.92. The Bertz CT molecular complexity index is 503. The third-order valence-corrected chi connectivity index (χ3v) is 4.59. The lowest BCUT2D eigenvalue weighted by Crippen LogP contribution is -2.62. The largest absolute Gasteiger partial charge is 0.463 e. The first kappa shape index (κ1) is 22.4. The number of ether oxygens (including phenoxy) is 4. The zero-order valence-electron chi connectivity index (χ0n) is 14.6. The lowest BCUT2D eigenvalue weighted by Gasteiger charge is -2.43. The Morgan fingerprint density at radius 2 is 1.67 bits per heavy atom. The fraction of sp³-hybridized carbons (Fsp3) is 0.933. The number of aliphatic hydroxyl groups is 7. The average molecular weight is 398 g/mol. The van der Waals surface area contributed by atoms with E-state index in [9.17, 15) is 35.4 Å². The molecule has 0 aromatic carbocycles. The molecule has 12 nitrogen and oxygen atoms in total. The molecule has 9 atom stereocenters. The van der Waals surface area contributed by atoms with Gasteiger partial charge in [-0.3, -0.25) is 4.79 Å².